The highest BCUT2D eigenvalue weighted by Gasteiger charge is 2.08. The number of carboxylic acids is 1. The van der Waals surface area contributed by atoms with E-state index in [1.165, 1.54) is 12.1 Å². The number of aromatic carboxylic acids is 1. The van der Waals surface area contributed by atoms with Gasteiger partial charge in [0.15, 0.2) is 0 Å². The first-order valence-corrected chi connectivity index (χ1v) is 3.20. The number of nitrogens with two attached hydrogens (primary N) is 1. The van der Waals surface area contributed by atoms with Crippen molar-refractivity contribution in [2.24, 2.45) is 5.11 Å². The van der Waals surface area contributed by atoms with Crippen molar-refractivity contribution in [1.82, 2.24) is 4.98 Å². The van der Waals surface area contributed by atoms with Crippen molar-refractivity contribution >= 4 is 17.6 Å². The number of pyridine rings is 1. The van der Waals surface area contributed by atoms with Gasteiger partial charge in [-0.05, 0) is 22.8 Å². The van der Waals surface area contributed by atoms with E-state index in [1.54, 1.807) is 0 Å². The Balaban J connectivity index is 3.19. The molecule has 0 spiro atoms. The second kappa shape index (κ2) is 3.42. The van der Waals surface area contributed by atoms with E-state index in [0.29, 0.717) is 0 Å². The van der Waals surface area contributed by atoms with E-state index in [-0.39, 0.29) is 17.2 Å². The number of rotatable bonds is 2. The number of anilines is 1. The van der Waals surface area contributed by atoms with Gasteiger partial charge in [0.1, 0.15) is 17.2 Å². The van der Waals surface area contributed by atoms with Gasteiger partial charge in [-0.3, -0.25) is 0 Å². The minimum absolute atomic E-state index is 0.0463. The summed E-state index contributed by atoms with van der Waals surface area (Å²) in [5, 5.41) is 11.7. The fourth-order valence-corrected chi connectivity index (χ4v) is 0.747. The van der Waals surface area contributed by atoms with Crippen LogP contribution in [0.1, 0.15) is 10.4 Å². The molecule has 0 aromatic carbocycles. The molecule has 1 aromatic heterocycles. The minimum Gasteiger partial charge on any atom is -0.478 e. The average molecular weight is 179 g/mol. The number of hydrogen-bond donors (Lipinski definition) is 2. The Labute approximate surface area is 72.4 Å². The van der Waals surface area contributed by atoms with Crippen molar-refractivity contribution in [3.05, 3.63) is 28.1 Å². The predicted octanol–water partition coefficient (Wildman–Crippen LogP) is 1.30. The largest absolute Gasteiger partial charge is 0.478 e. The summed E-state index contributed by atoms with van der Waals surface area (Å²) >= 11 is 0. The fourth-order valence-electron chi connectivity index (χ4n) is 0.747. The Morgan fingerprint density at radius 3 is 2.85 bits per heavy atom. The first-order valence-electron chi connectivity index (χ1n) is 3.20. The molecule has 1 heterocycles. The molecular weight excluding hydrogens is 174 g/mol. The molecule has 66 valence electrons. The lowest BCUT2D eigenvalue weighted by molar-refractivity contribution is 0.0698. The van der Waals surface area contributed by atoms with Gasteiger partial charge in [0.05, 0.1) is 0 Å². The molecule has 7 nitrogen and oxygen atoms in total. The van der Waals surface area contributed by atoms with Crippen LogP contribution in [0.4, 0.5) is 11.6 Å². The lowest BCUT2D eigenvalue weighted by Crippen LogP contribution is -2.03. The molecule has 13 heavy (non-hydrogen) atoms. The third-order valence-corrected chi connectivity index (χ3v) is 1.29. The maximum atomic E-state index is 10.5. The maximum absolute atomic E-state index is 10.5. The van der Waals surface area contributed by atoms with Crippen molar-refractivity contribution in [3.63, 3.8) is 0 Å². The monoisotopic (exact) mass is 179 g/mol. The molecular formula is C6H5N5O2. The highest BCUT2D eigenvalue weighted by atomic mass is 16.4. The summed E-state index contributed by atoms with van der Waals surface area (Å²) in [4.78, 5) is 16.5. The fraction of sp³-hybridized carbons (Fsp3) is 0. The first-order chi connectivity index (χ1) is 6.15. The number of carboxylic acid groups (broad SMARTS) is 1. The van der Waals surface area contributed by atoms with E-state index in [4.69, 9.17) is 16.4 Å². The van der Waals surface area contributed by atoms with Gasteiger partial charge in [-0.15, -0.1) is 0 Å². The van der Waals surface area contributed by atoms with E-state index < -0.39 is 5.97 Å². The standard InChI is InChI=1S/C6H5N5O2/c7-5-3(6(12)13)1-2-4(9-5)10-11-8/h1-2H,(H2,7,9)(H,12,13). The first kappa shape index (κ1) is 8.82. The molecule has 3 N–H and O–H groups in total. The Morgan fingerprint density at radius 1 is 1.69 bits per heavy atom. The molecule has 0 aliphatic carbocycles. The van der Waals surface area contributed by atoms with Crippen molar-refractivity contribution in [2.75, 3.05) is 5.73 Å². The summed E-state index contributed by atoms with van der Waals surface area (Å²) in [5.41, 5.74) is 13.2. The predicted molar refractivity (Wildman–Crippen MR) is 44.4 cm³/mol. The van der Waals surface area contributed by atoms with Crippen molar-refractivity contribution in [3.8, 4) is 0 Å². The van der Waals surface area contributed by atoms with E-state index in [1.807, 2.05) is 0 Å². The van der Waals surface area contributed by atoms with Crippen LogP contribution >= 0.6 is 0 Å². The highest BCUT2D eigenvalue weighted by molar-refractivity contribution is 5.92. The molecule has 1 aromatic rings. The summed E-state index contributed by atoms with van der Waals surface area (Å²) < 4.78 is 0. The minimum atomic E-state index is -1.17. The van der Waals surface area contributed by atoms with E-state index in [2.05, 4.69) is 15.0 Å². The van der Waals surface area contributed by atoms with Gasteiger partial charge in [-0.25, -0.2) is 9.78 Å². The summed E-state index contributed by atoms with van der Waals surface area (Å²) in [6.07, 6.45) is 0. The topological polar surface area (TPSA) is 125 Å². The van der Waals surface area contributed by atoms with Gasteiger partial charge in [0.25, 0.3) is 0 Å². The molecule has 0 saturated heterocycles. The summed E-state index contributed by atoms with van der Waals surface area (Å²) in [6, 6.07) is 2.51. The lowest BCUT2D eigenvalue weighted by atomic mass is 10.2. The molecule has 0 radical (unpaired) electrons. The molecule has 0 unspecified atom stereocenters. The Morgan fingerprint density at radius 2 is 2.38 bits per heavy atom. The van der Waals surface area contributed by atoms with Gasteiger partial charge < -0.3 is 10.8 Å². The maximum Gasteiger partial charge on any atom is 0.339 e. The van der Waals surface area contributed by atoms with Crippen LogP contribution in [-0.4, -0.2) is 16.1 Å². The highest BCUT2D eigenvalue weighted by Crippen LogP contribution is 2.15. The Hall–Kier alpha value is -2.27. The molecule has 0 saturated carbocycles. The van der Waals surface area contributed by atoms with Gasteiger partial charge in [-0.1, -0.05) is 0 Å². The van der Waals surface area contributed by atoms with Crippen LogP contribution in [0, 0.1) is 0 Å². The smallest absolute Gasteiger partial charge is 0.339 e. The number of hydrogen-bond acceptors (Lipinski definition) is 4. The van der Waals surface area contributed by atoms with Crippen LogP contribution in [0.25, 0.3) is 10.4 Å². The molecule has 0 atom stereocenters. The zero-order valence-electron chi connectivity index (χ0n) is 6.38. The lowest BCUT2D eigenvalue weighted by Gasteiger charge is -1.98. The third-order valence-electron chi connectivity index (χ3n) is 1.29. The van der Waals surface area contributed by atoms with Gasteiger partial charge >= 0.3 is 5.97 Å². The molecule has 0 amide bonds. The third kappa shape index (κ3) is 1.85. The van der Waals surface area contributed by atoms with Crippen molar-refractivity contribution in [2.45, 2.75) is 0 Å². The van der Waals surface area contributed by atoms with Crippen LogP contribution < -0.4 is 5.73 Å². The SMILES string of the molecule is [N-]=[N+]=Nc1ccc(C(=O)O)c(N)n1. The molecule has 1 rings (SSSR count). The zero-order valence-corrected chi connectivity index (χ0v) is 6.38. The zero-order chi connectivity index (χ0) is 9.84. The number of aromatic nitrogens is 1. The van der Waals surface area contributed by atoms with Crippen LogP contribution in [0.2, 0.25) is 0 Å². The average Bonchev–Trinajstić information content (AvgIpc) is 2.04. The number of azide groups is 1. The van der Waals surface area contributed by atoms with Crippen LogP contribution in [-0.2, 0) is 0 Å². The van der Waals surface area contributed by atoms with E-state index >= 15 is 0 Å². The second-order valence-electron chi connectivity index (χ2n) is 2.10. The number of nitrogen functional groups attached to an aromatic ring is 1. The van der Waals surface area contributed by atoms with E-state index in [9.17, 15) is 4.79 Å². The van der Waals surface area contributed by atoms with Gasteiger partial charge in [0.2, 0.25) is 0 Å². The molecule has 0 fully saturated rings. The van der Waals surface area contributed by atoms with Crippen molar-refractivity contribution in [1.29, 1.82) is 0 Å². The number of carbonyl (C=O) groups is 1. The Bertz CT molecular complexity index is 396. The second-order valence-corrected chi connectivity index (χ2v) is 2.10. The van der Waals surface area contributed by atoms with Crippen LogP contribution in [0.5, 0.6) is 0 Å². The normalized spacial score (nSPS) is 8.92. The number of nitrogens with zero attached hydrogens (tertiary/aromatic N) is 4. The molecule has 0 aliphatic heterocycles. The molecule has 0 aliphatic rings. The summed E-state index contributed by atoms with van der Waals surface area (Å²) in [7, 11) is 0. The van der Waals surface area contributed by atoms with Gasteiger partial charge in [-0.2, -0.15) is 0 Å². The summed E-state index contributed by atoms with van der Waals surface area (Å²) in [5.74, 6) is -1.29. The Kier molecular flexibility index (Phi) is 2.32. The summed E-state index contributed by atoms with van der Waals surface area (Å²) in [6.45, 7) is 0. The molecule has 7 heteroatoms. The van der Waals surface area contributed by atoms with Crippen molar-refractivity contribution < 1.29 is 9.90 Å². The van der Waals surface area contributed by atoms with Crippen LogP contribution in [0.15, 0.2) is 17.2 Å². The quantitative estimate of drug-likeness (QED) is 0.403. The van der Waals surface area contributed by atoms with Gasteiger partial charge in [0, 0.05) is 4.91 Å². The van der Waals surface area contributed by atoms with Crippen LogP contribution in [0.3, 0.4) is 0 Å². The molecule has 0 bridgehead atoms. The van der Waals surface area contributed by atoms with E-state index in [0.717, 1.165) is 0 Å².